The molecule has 1 aliphatic rings. The summed E-state index contributed by atoms with van der Waals surface area (Å²) in [4.78, 5) is 6.76. The first kappa shape index (κ1) is 31.1. The molecule has 5 rings (SSSR count). The minimum absolute atomic E-state index is 0.0587. The maximum Gasteiger partial charge on any atom is 0.271 e. The van der Waals surface area contributed by atoms with Crippen LogP contribution >= 0.6 is 0 Å². The van der Waals surface area contributed by atoms with E-state index >= 15 is 8.78 Å². The van der Waals surface area contributed by atoms with Crippen molar-refractivity contribution in [3.63, 3.8) is 0 Å². The van der Waals surface area contributed by atoms with E-state index in [2.05, 4.69) is 15.1 Å². The van der Waals surface area contributed by atoms with Crippen molar-refractivity contribution >= 4 is 15.8 Å². The van der Waals surface area contributed by atoms with Gasteiger partial charge in [0.2, 0.25) is 0 Å². The summed E-state index contributed by atoms with van der Waals surface area (Å²) in [6.07, 6.45) is 9.02. The van der Waals surface area contributed by atoms with E-state index < -0.39 is 26.6 Å². The lowest BCUT2D eigenvalue weighted by Crippen LogP contribution is -2.33. The quantitative estimate of drug-likeness (QED) is 0.212. The highest BCUT2D eigenvalue weighted by Crippen LogP contribution is 2.38. The highest BCUT2D eigenvalue weighted by atomic mass is 32.2. The van der Waals surface area contributed by atoms with Gasteiger partial charge in [-0.05, 0) is 37.0 Å². The fraction of sp³-hybridized carbons (Fsp3) is 0.367. The normalized spacial score (nSPS) is 16.8. The van der Waals surface area contributed by atoms with Gasteiger partial charge in [-0.25, -0.2) is 36.2 Å². The van der Waals surface area contributed by atoms with Gasteiger partial charge in [-0.1, -0.05) is 6.42 Å². The van der Waals surface area contributed by atoms with Crippen LogP contribution in [0.1, 0.15) is 42.7 Å². The van der Waals surface area contributed by atoms with Crippen molar-refractivity contribution in [2.45, 2.75) is 55.9 Å². The molecule has 0 aliphatic heterocycles. The molecule has 1 fully saturated rings. The minimum atomic E-state index is -4.83. The third-order valence-corrected chi connectivity index (χ3v) is 9.29. The molecule has 0 N–H and O–H groups in total. The van der Waals surface area contributed by atoms with Crippen molar-refractivity contribution in [1.82, 2.24) is 19.7 Å². The van der Waals surface area contributed by atoms with E-state index in [1.807, 2.05) is 6.20 Å². The van der Waals surface area contributed by atoms with Crippen molar-refractivity contribution in [3.8, 4) is 17.2 Å². The predicted molar refractivity (Wildman–Crippen MR) is 156 cm³/mol. The average Bonchev–Trinajstić information content (AvgIpc) is 3.48. The van der Waals surface area contributed by atoms with Crippen LogP contribution in [-0.4, -0.2) is 55.6 Å². The van der Waals surface area contributed by atoms with Crippen LogP contribution in [0.15, 0.2) is 66.2 Å². The van der Waals surface area contributed by atoms with Crippen molar-refractivity contribution in [1.29, 1.82) is 0 Å². The smallest absolute Gasteiger partial charge is 0.271 e. The summed E-state index contributed by atoms with van der Waals surface area (Å²) in [7, 11) is -0.359. The first-order chi connectivity index (χ1) is 21.2. The maximum absolute atomic E-state index is 15.7. The molecule has 2 aromatic heterocycles. The van der Waals surface area contributed by atoms with Gasteiger partial charge < -0.3 is 18.9 Å². The number of methoxy groups -OCH3 is 3. The van der Waals surface area contributed by atoms with Gasteiger partial charge in [0.25, 0.3) is 10.0 Å². The Labute approximate surface area is 254 Å². The summed E-state index contributed by atoms with van der Waals surface area (Å²) in [6, 6.07) is 7.94. The molecule has 44 heavy (non-hydrogen) atoms. The van der Waals surface area contributed by atoms with Gasteiger partial charge in [-0.3, -0.25) is 0 Å². The summed E-state index contributed by atoms with van der Waals surface area (Å²) in [5.74, 6) is -2.03. The Morgan fingerprint density at radius 2 is 1.77 bits per heavy atom. The summed E-state index contributed by atoms with van der Waals surface area (Å²) in [6.45, 7) is -0.0496. The molecule has 2 atom stereocenters. The second-order valence-corrected chi connectivity index (χ2v) is 12.1. The number of ether oxygens (including phenoxy) is 4. The second kappa shape index (κ2) is 13.6. The zero-order valence-corrected chi connectivity index (χ0v) is 25.3. The van der Waals surface area contributed by atoms with Crippen LogP contribution in [0.4, 0.5) is 14.6 Å². The van der Waals surface area contributed by atoms with Gasteiger partial charge in [0.1, 0.15) is 53.9 Å². The molecule has 0 radical (unpaired) electrons. The van der Waals surface area contributed by atoms with Gasteiger partial charge >= 0.3 is 0 Å². The molecule has 4 aromatic rings. The fourth-order valence-corrected chi connectivity index (χ4v) is 6.88. The molecule has 0 amide bonds. The number of hydrogen-bond acceptors (Lipinski definition) is 9. The topological polar surface area (TPSA) is 118 Å². The summed E-state index contributed by atoms with van der Waals surface area (Å²) in [5.41, 5.74) is 1.34. The second-order valence-electron chi connectivity index (χ2n) is 10.3. The highest BCUT2D eigenvalue weighted by molar-refractivity contribution is 7.92. The third-order valence-electron chi connectivity index (χ3n) is 7.48. The molecule has 1 saturated carbocycles. The van der Waals surface area contributed by atoms with Crippen LogP contribution < -0.4 is 18.5 Å². The van der Waals surface area contributed by atoms with Gasteiger partial charge in [0.05, 0.1) is 27.0 Å². The van der Waals surface area contributed by atoms with E-state index in [-0.39, 0.29) is 30.1 Å². The lowest BCUT2D eigenvalue weighted by atomic mass is 9.83. The number of halogens is 2. The molecule has 0 bridgehead atoms. The Balaban J connectivity index is 1.46. The Morgan fingerprint density at radius 1 is 1.00 bits per heavy atom. The van der Waals surface area contributed by atoms with E-state index in [0.29, 0.717) is 30.2 Å². The molecule has 2 heterocycles. The monoisotopic (exact) mass is 629 g/mol. The van der Waals surface area contributed by atoms with Crippen LogP contribution in [-0.2, 0) is 28.0 Å². The van der Waals surface area contributed by atoms with Gasteiger partial charge in [0.15, 0.2) is 4.90 Å². The Bertz CT molecular complexity index is 1670. The minimum Gasteiger partial charge on any atom is -0.497 e. The van der Waals surface area contributed by atoms with Crippen molar-refractivity contribution in [2.75, 3.05) is 25.6 Å². The molecular formula is C30H33F2N5O6S. The molecule has 0 saturated heterocycles. The summed E-state index contributed by atoms with van der Waals surface area (Å²) in [5, 5.41) is 4.30. The van der Waals surface area contributed by atoms with Crippen LogP contribution in [0.25, 0.3) is 0 Å². The molecule has 0 spiro atoms. The van der Waals surface area contributed by atoms with Crippen molar-refractivity contribution in [3.05, 3.63) is 84.1 Å². The average molecular weight is 630 g/mol. The van der Waals surface area contributed by atoms with Crippen molar-refractivity contribution in [2.24, 2.45) is 0 Å². The number of anilines is 1. The molecule has 0 unspecified atom stereocenters. The summed E-state index contributed by atoms with van der Waals surface area (Å²) < 4.78 is 83.7. The zero-order valence-electron chi connectivity index (χ0n) is 24.5. The lowest BCUT2D eigenvalue weighted by molar-refractivity contribution is 0.119. The van der Waals surface area contributed by atoms with Crippen molar-refractivity contribution < 1.29 is 36.1 Å². The van der Waals surface area contributed by atoms with E-state index in [0.717, 1.165) is 47.6 Å². The number of sulfonamides is 1. The zero-order chi connectivity index (χ0) is 31.3. The molecule has 1 aliphatic carbocycles. The lowest BCUT2D eigenvalue weighted by Gasteiger charge is -2.31. The van der Waals surface area contributed by atoms with E-state index in [9.17, 15) is 8.42 Å². The first-order valence-electron chi connectivity index (χ1n) is 13.9. The fourth-order valence-electron chi connectivity index (χ4n) is 5.39. The Morgan fingerprint density at radius 3 is 2.45 bits per heavy atom. The maximum atomic E-state index is 15.7. The van der Waals surface area contributed by atoms with Gasteiger partial charge in [0, 0.05) is 55.3 Å². The summed E-state index contributed by atoms with van der Waals surface area (Å²) >= 11 is 0. The number of benzene rings is 2. The van der Waals surface area contributed by atoms with Gasteiger partial charge in [-0.2, -0.15) is 5.10 Å². The van der Waals surface area contributed by atoms with E-state index in [1.54, 1.807) is 36.2 Å². The molecular weight excluding hydrogens is 596 g/mol. The number of nitrogens with zero attached hydrogens (tertiary/aromatic N) is 5. The molecule has 2 aromatic carbocycles. The highest BCUT2D eigenvalue weighted by Gasteiger charge is 2.35. The van der Waals surface area contributed by atoms with Crippen LogP contribution in [0.5, 0.6) is 17.2 Å². The van der Waals surface area contributed by atoms with Crippen LogP contribution in [0, 0.1) is 11.6 Å². The standard InChI is InChI=1S/C30H33F2N5O6S/c1-40-19-36-16-21(15-35-36)24-6-4-5-7-27(24)43-23-12-25(31)30(26(32)13-23)44(38,39)37(29-10-11-33-18-34-29)17-20-8-9-22(41-2)14-28(20)42-3/h8-16,18,24,27H,4-7,17,19H2,1-3H3/t24-,27+/m1/s1. The molecule has 14 heteroatoms. The van der Waals surface area contributed by atoms with Crippen LogP contribution in [0.3, 0.4) is 0 Å². The van der Waals surface area contributed by atoms with E-state index in [1.165, 1.54) is 26.5 Å². The largest absolute Gasteiger partial charge is 0.497 e. The third kappa shape index (κ3) is 6.60. The first-order valence-corrected chi connectivity index (χ1v) is 15.4. The predicted octanol–water partition coefficient (Wildman–Crippen LogP) is 5.07. The Hall–Kier alpha value is -4.30. The molecule has 234 valence electrons. The Kier molecular flexibility index (Phi) is 9.59. The molecule has 11 nitrogen and oxygen atoms in total. The van der Waals surface area contributed by atoms with E-state index in [4.69, 9.17) is 18.9 Å². The number of hydrogen-bond donors (Lipinski definition) is 0. The SMILES string of the molecule is COCn1cc([C@H]2CCCC[C@@H]2Oc2cc(F)c(S(=O)(=O)N(Cc3ccc(OC)cc3OC)c3ccncn3)c(F)c2)cn1. The number of rotatable bonds is 12. The van der Waals surface area contributed by atoms with Gasteiger partial charge in [-0.15, -0.1) is 0 Å². The van der Waals surface area contributed by atoms with Crippen LogP contribution in [0.2, 0.25) is 0 Å². The number of aromatic nitrogens is 4.